The van der Waals surface area contributed by atoms with Crippen molar-refractivity contribution in [2.45, 2.75) is 18.8 Å². The Labute approximate surface area is 102 Å². The van der Waals surface area contributed by atoms with E-state index in [0.29, 0.717) is 23.2 Å². The van der Waals surface area contributed by atoms with Crippen LogP contribution in [-0.2, 0) is 0 Å². The molecule has 1 aliphatic carbocycles. The molecule has 1 heterocycles. The van der Waals surface area contributed by atoms with E-state index in [9.17, 15) is 10.1 Å². The summed E-state index contributed by atoms with van der Waals surface area (Å²) in [6.07, 6.45) is 2.14. The van der Waals surface area contributed by atoms with E-state index in [4.69, 9.17) is 10.3 Å². The maximum absolute atomic E-state index is 10.8. The number of hydrogen-bond acceptors (Lipinski definition) is 6. The Morgan fingerprint density at radius 1 is 1.44 bits per heavy atom. The van der Waals surface area contributed by atoms with Crippen molar-refractivity contribution in [1.29, 1.82) is 0 Å². The quantitative estimate of drug-likeness (QED) is 0.504. The average Bonchev–Trinajstić information content (AvgIpc) is 3.08. The zero-order valence-corrected chi connectivity index (χ0v) is 9.37. The van der Waals surface area contributed by atoms with Crippen LogP contribution in [0.4, 0.5) is 11.4 Å². The molecule has 7 heteroatoms. The number of nitro benzene ring substituents is 1. The number of nitro groups is 1. The van der Waals surface area contributed by atoms with Crippen molar-refractivity contribution >= 4 is 11.4 Å². The number of nitrogens with two attached hydrogens (primary N) is 1. The van der Waals surface area contributed by atoms with Gasteiger partial charge in [0.25, 0.3) is 11.6 Å². The van der Waals surface area contributed by atoms with Gasteiger partial charge in [0.05, 0.1) is 4.92 Å². The number of hydrogen-bond donors (Lipinski definition) is 1. The Morgan fingerprint density at radius 2 is 2.22 bits per heavy atom. The lowest BCUT2D eigenvalue weighted by Crippen LogP contribution is -1.95. The first-order valence-corrected chi connectivity index (χ1v) is 5.53. The van der Waals surface area contributed by atoms with Crippen molar-refractivity contribution in [3.05, 3.63) is 34.1 Å². The van der Waals surface area contributed by atoms with Crippen LogP contribution in [0.25, 0.3) is 11.5 Å². The molecule has 0 spiro atoms. The zero-order chi connectivity index (χ0) is 12.7. The lowest BCUT2D eigenvalue weighted by atomic mass is 10.2. The fraction of sp³-hybridized carbons (Fsp3) is 0.273. The monoisotopic (exact) mass is 246 g/mol. The molecule has 0 atom stereocenters. The first-order valence-electron chi connectivity index (χ1n) is 5.53. The van der Waals surface area contributed by atoms with E-state index < -0.39 is 4.92 Å². The van der Waals surface area contributed by atoms with E-state index in [-0.39, 0.29) is 11.4 Å². The van der Waals surface area contributed by atoms with E-state index in [2.05, 4.69) is 10.1 Å². The van der Waals surface area contributed by atoms with Gasteiger partial charge in [-0.15, -0.1) is 0 Å². The summed E-state index contributed by atoms with van der Waals surface area (Å²) < 4.78 is 5.10. The van der Waals surface area contributed by atoms with Gasteiger partial charge in [0, 0.05) is 17.5 Å². The zero-order valence-electron chi connectivity index (χ0n) is 9.37. The van der Waals surface area contributed by atoms with Crippen molar-refractivity contribution in [1.82, 2.24) is 10.1 Å². The molecule has 2 N–H and O–H groups in total. The number of rotatable bonds is 3. The minimum Gasteiger partial charge on any atom is -0.393 e. The number of nitrogen functional groups attached to an aromatic ring is 1. The lowest BCUT2D eigenvalue weighted by Gasteiger charge is -1.98. The second kappa shape index (κ2) is 3.80. The number of anilines is 1. The van der Waals surface area contributed by atoms with Gasteiger partial charge < -0.3 is 10.3 Å². The average molecular weight is 246 g/mol. The van der Waals surface area contributed by atoms with Crippen LogP contribution in [0.2, 0.25) is 0 Å². The van der Waals surface area contributed by atoms with Gasteiger partial charge in [-0.2, -0.15) is 4.98 Å². The van der Waals surface area contributed by atoms with Crippen LogP contribution in [0, 0.1) is 10.1 Å². The molecule has 1 aromatic carbocycles. The highest BCUT2D eigenvalue weighted by Gasteiger charge is 2.29. The van der Waals surface area contributed by atoms with Crippen LogP contribution in [0.15, 0.2) is 22.7 Å². The smallest absolute Gasteiger partial charge is 0.292 e. The largest absolute Gasteiger partial charge is 0.393 e. The molecule has 7 nitrogen and oxygen atoms in total. The minimum absolute atomic E-state index is 0.116. The summed E-state index contributed by atoms with van der Waals surface area (Å²) in [5, 5.41) is 14.7. The van der Waals surface area contributed by atoms with Gasteiger partial charge in [0.2, 0.25) is 0 Å². The Balaban J connectivity index is 1.99. The Bertz CT molecular complexity index is 619. The van der Waals surface area contributed by atoms with Crippen molar-refractivity contribution in [3.8, 4) is 11.5 Å². The molecule has 0 amide bonds. The summed E-state index contributed by atoms with van der Waals surface area (Å²) in [5.74, 6) is 1.34. The van der Waals surface area contributed by atoms with Crippen molar-refractivity contribution in [3.63, 3.8) is 0 Å². The molecular formula is C11H10N4O3. The number of aromatic nitrogens is 2. The Hall–Kier alpha value is -2.44. The van der Waals surface area contributed by atoms with Gasteiger partial charge in [0.1, 0.15) is 5.69 Å². The number of benzene rings is 1. The standard InChI is InChI=1S/C11H10N4O3/c12-8-4-3-7(5-9(8)15(16)17)11-13-10(14-18-11)6-1-2-6/h3-6H,1-2,12H2. The maximum atomic E-state index is 10.8. The highest BCUT2D eigenvalue weighted by molar-refractivity contribution is 5.67. The summed E-state index contributed by atoms with van der Waals surface area (Å²) in [4.78, 5) is 14.5. The van der Waals surface area contributed by atoms with Gasteiger partial charge in [-0.3, -0.25) is 10.1 Å². The normalized spacial score (nSPS) is 14.7. The summed E-state index contributed by atoms with van der Waals surface area (Å²) in [5.41, 5.74) is 6.00. The molecule has 0 aliphatic heterocycles. The van der Waals surface area contributed by atoms with Crippen molar-refractivity contribution < 1.29 is 9.45 Å². The molecule has 1 fully saturated rings. The second-order valence-corrected chi connectivity index (χ2v) is 4.26. The van der Waals surface area contributed by atoms with Crippen molar-refractivity contribution in [2.24, 2.45) is 0 Å². The van der Waals surface area contributed by atoms with Gasteiger partial charge >= 0.3 is 0 Å². The second-order valence-electron chi connectivity index (χ2n) is 4.26. The van der Waals surface area contributed by atoms with Crippen LogP contribution >= 0.6 is 0 Å². The summed E-state index contributed by atoms with van der Waals surface area (Å²) in [6.45, 7) is 0. The van der Waals surface area contributed by atoms with Crippen LogP contribution in [-0.4, -0.2) is 15.1 Å². The first kappa shape index (κ1) is 10.7. The molecule has 3 rings (SSSR count). The molecule has 0 radical (unpaired) electrons. The molecule has 2 aromatic rings. The fourth-order valence-electron chi connectivity index (χ4n) is 1.69. The predicted octanol–water partition coefficient (Wildman–Crippen LogP) is 2.10. The SMILES string of the molecule is Nc1ccc(-c2nc(C3CC3)no2)cc1[N+](=O)[O-]. The molecular weight excluding hydrogens is 236 g/mol. The van der Waals surface area contributed by atoms with E-state index in [1.807, 2.05) is 0 Å². The third kappa shape index (κ3) is 1.79. The lowest BCUT2D eigenvalue weighted by molar-refractivity contribution is -0.383. The maximum Gasteiger partial charge on any atom is 0.292 e. The topological polar surface area (TPSA) is 108 Å². The molecule has 0 unspecified atom stereocenters. The highest BCUT2D eigenvalue weighted by Crippen LogP contribution is 2.39. The van der Waals surface area contributed by atoms with Gasteiger partial charge in [-0.1, -0.05) is 5.16 Å². The molecule has 1 aliphatic rings. The Kier molecular flexibility index (Phi) is 2.26. The molecule has 1 aromatic heterocycles. The van der Waals surface area contributed by atoms with E-state index >= 15 is 0 Å². The molecule has 18 heavy (non-hydrogen) atoms. The summed E-state index contributed by atoms with van der Waals surface area (Å²) in [6, 6.07) is 4.44. The first-order chi connectivity index (χ1) is 8.65. The third-order valence-electron chi connectivity index (χ3n) is 2.86. The molecule has 0 saturated heterocycles. The molecule has 92 valence electrons. The van der Waals surface area contributed by atoms with Crippen LogP contribution in [0.5, 0.6) is 0 Å². The van der Waals surface area contributed by atoms with E-state index in [1.165, 1.54) is 12.1 Å². The summed E-state index contributed by atoms with van der Waals surface area (Å²) >= 11 is 0. The van der Waals surface area contributed by atoms with Crippen LogP contribution in [0.1, 0.15) is 24.6 Å². The minimum atomic E-state index is -0.531. The fourth-order valence-corrected chi connectivity index (χ4v) is 1.69. The van der Waals surface area contributed by atoms with Crippen LogP contribution in [0.3, 0.4) is 0 Å². The molecule has 1 saturated carbocycles. The van der Waals surface area contributed by atoms with Crippen LogP contribution < -0.4 is 5.73 Å². The van der Waals surface area contributed by atoms with Gasteiger partial charge in [0.15, 0.2) is 5.82 Å². The van der Waals surface area contributed by atoms with Gasteiger partial charge in [-0.05, 0) is 25.0 Å². The molecule has 0 bridgehead atoms. The van der Waals surface area contributed by atoms with Crippen molar-refractivity contribution in [2.75, 3.05) is 5.73 Å². The third-order valence-corrected chi connectivity index (χ3v) is 2.86. The van der Waals surface area contributed by atoms with E-state index in [1.54, 1.807) is 6.07 Å². The van der Waals surface area contributed by atoms with Gasteiger partial charge in [-0.25, -0.2) is 0 Å². The highest BCUT2D eigenvalue weighted by atomic mass is 16.6. The number of nitrogens with zero attached hydrogens (tertiary/aromatic N) is 3. The predicted molar refractivity (Wildman–Crippen MR) is 62.8 cm³/mol. The van der Waals surface area contributed by atoms with E-state index in [0.717, 1.165) is 12.8 Å². The summed E-state index contributed by atoms with van der Waals surface area (Å²) in [7, 11) is 0. The Morgan fingerprint density at radius 3 is 2.89 bits per heavy atom.